The Morgan fingerprint density at radius 1 is 1.21 bits per heavy atom. The fraction of sp³-hybridized carbons (Fsp3) is 0.600. The number of methoxy groups -OCH3 is 1. The lowest BCUT2D eigenvalue weighted by Gasteiger charge is -2.40. The summed E-state index contributed by atoms with van der Waals surface area (Å²) >= 11 is 6.52. The van der Waals surface area contributed by atoms with Crippen LogP contribution in [0.3, 0.4) is 0 Å². The van der Waals surface area contributed by atoms with Gasteiger partial charge in [-0.25, -0.2) is 4.68 Å². The van der Waals surface area contributed by atoms with Crippen molar-refractivity contribution in [1.29, 1.82) is 0 Å². The van der Waals surface area contributed by atoms with Gasteiger partial charge in [0.2, 0.25) is 5.88 Å². The first-order valence-corrected chi connectivity index (χ1v) is 12.1. The van der Waals surface area contributed by atoms with Gasteiger partial charge in [-0.05, 0) is 78.2 Å². The number of hydrogen-bond donors (Lipinski definition) is 1. The molecule has 0 unspecified atom stereocenters. The van der Waals surface area contributed by atoms with Crippen LogP contribution >= 0.6 is 11.6 Å². The van der Waals surface area contributed by atoms with Crippen molar-refractivity contribution in [3.8, 4) is 5.88 Å². The molecule has 182 valence electrons. The number of ether oxygens (including phenoxy) is 1. The summed E-state index contributed by atoms with van der Waals surface area (Å²) < 4.78 is 7.13. The second-order valence-corrected chi connectivity index (χ2v) is 9.63. The molecule has 0 radical (unpaired) electrons. The number of benzene rings is 1. The molecule has 1 aromatic heterocycles. The number of carbonyl (C=O) groups is 1. The lowest BCUT2D eigenvalue weighted by molar-refractivity contribution is 0.0950. The van der Waals surface area contributed by atoms with E-state index in [1.54, 1.807) is 17.9 Å². The van der Waals surface area contributed by atoms with Crippen molar-refractivity contribution in [2.75, 3.05) is 32.6 Å². The monoisotopic (exact) mass is 475 g/mol. The van der Waals surface area contributed by atoms with Gasteiger partial charge in [0.15, 0.2) is 0 Å². The van der Waals surface area contributed by atoms with Crippen LogP contribution in [0.5, 0.6) is 5.88 Å². The first-order valence-electron chi connectivity index (χ1n) is 11.8. The average molecular weight is 476 g/mol. The standard InChI is InChI=1S/C25H38ClN5O2/c1-8-31(20-11-9-19(10-12-20)29(4)5)23-14-18(26)13-21(16(23)2)24(32)27-15-22-17(3)28-30(6)25(22)33-7/h13-14,19-20H,8-12,15H2,1-7H3,(H,27,32). The minimum atomic E-state index is -0.145. The van der Waals surface area contributed by atoms with E-state index in [0.29, 0.717) is 35.1 Å². The smallest absolute Gasteiger partial charge is 0.251 e. The molecule has 0 bridgehead atoms. The van der Waals surface area contributed by atoms with Crippen molar-refractivity contribution in [1.82, 2.24) is 20.0 Å². The van der Waals surface area contributed by atoms with E-state index in [0.717, 1.165) is 41.9 Å². The zero-order valence-corrected chi connectivity index (χ0v) is 21.8. The summed E-state index contributed by atoms with van der Waals surface area (Å²) in [4.78, 5) is 18.0. The molecule has 2 aromatic rings. The van der Waals surface area contributed by atoms with Gasteiger partial charge in [-0.15, -0.1) is 0 Å². The Morgan fingerprint density at radius 2 is 1.85 bits per heavy atom. The number of anilines is 1. The Morgan fingerprint density at radius 3 is 2.42 bits per heavy atom. The second kappa shape index (κ2) is 10.8. The molecule has 1 aliphatic rings. The molecular formula is C25H38ClN5O2. The van der Waals surface area contributed by atoms with Crippen molar-refractivity contribution in [2.45, 2.75) is 65.1 Å². The number of carbonyl (C=O) groups excluding carboxylic acids is 1. The number of nitrogens with one attached hydrogen (secondary N) is 1. The third-order valence-electron chi connectivity index (χ3n) is 6.98. The topological polar surface area (TPSA) is 62.6 Å². The lowest BCUT2D eigenvalue weighted by Crippen LogP contribution is -2.42. The SMILES string of the molecule is CCN(c1cc(Cl)cc(C(=O)NCc2c(C)nn(C)c2OC)c1C)C1CCC(N(C)C)CC1. The molecule has 0 aliphatic heterocycles. The molecule has 3 rings (SSSR count). The largest absolute Gasteiger partial charge is 0.481 e. The molecule has 1 aliphatic carbocycles. The van der Waals surface area contributed by atoms with Crippen LogP contribution in [0.15, 0.2) is 12.1 Å². The molecular weight excluding hydrogens is 438 g/mol. The van der Waals surface area contributed by atoms with Crippen LogP contribution in [0.4, 0.5) is 5.69 Å². The Bertz CT molecular complexity index is 980. The minimum Gasteiger partial charge on any atom is -0.481 e. The van der Waals surface area contributed by atoms with Crippen LogP contribution in [0.25, 0.3) is 0 Å². The van der Waals surface area contributed by atoms with Gasteiger partial charge in [-0.2, -0.15) is 5.10 Å². The summed E-state index contributed by atoms with van der Waals surface area (Å²) in [5, 5.41) is 8.01. The van der Waals surface area contributed by atoms with Gasteiger partial charge >= 0.3 is 0 Å². The minimum absolute atomic E-state index is 0.145. The van der Waals surface area contributed by atoms with Gasteiger partial charge in [0.25, 0.3) is 5.91 Å². The zero-order chi connectivity index (χ0) is 24.3. The number of amides is 1. The van der Waals surface area contributed by atoms with Gasteiger partial charge in [-0.1, -0.05) is 11.6 Å². The molecule has 1 fully saturated rings. The van der Waals surface area contributed by atoms with Crippen LogP contribution < -0.4 is 15.0 Å². The van der Waals surface area contributed by atoms with E-state index >= 15 is 0 Å². The van der Waals surface area contributed by atoms with Crippen LogP contribution in [0, 0.1) is 13.8 Å². The van der Waals surface area contributed by atoms with Gasteiger partial charge in [0.1, 0.15) is 0 Å². The van der Waals surface area contributed by atoms with E-state index in [2.05, 4.69) is 41.2 Å². The van der Waals surface area contributed by atoms with Gasteiger partial charge < -0.3 is 19.9 Å². The summed E-state index contributed by atoms with van der Waals surface area (Å²) in [6.45, 7) is 7.33. The number of hydrogen-bond acceptors (Lipinski definition) is 5. The fourth-order valence-corrected chi connectivity index (χ4v) is 5.33. The number of halogens is 1. The van der Waals surface area contributed by atoms with Crippen molar-refractivity contribution in [2.24, 2.45) is 7.05 Å². The predicted octanol–water partition coefficient (Wildman–Crippen LogP) is 4.33. The normalized spacial score (nSPS) is 18.5. The highest BCUT2D eigenvalue weighted by Crippen LogP contribution is 2.34. The molecule has 7 nitrogen and oxygen atoms in total. The van der Waals surface area contributed by atoms with E-state index in [1.165, 1.54) is 12.8 Å². The van der Waals surface area contributed by atoms with Crippen molar-refractivity contribution in [3.63, 3.8) is 0 Å². The summed E-state index contributed by atoms with van der Waals surface area (Å²) in [6, 6.07) is 4.87. The van der Waals surface area contributed by atoms with E-state index in [-0.39, 0.29) is 5.91 Å². The molecule has 1 N–H and O–H groups in total. The van der Waals surface area contributed by atoms with Gasteiger partial charge in [0.05, 0.1) is 24.9 Å². The first kappa shape index (κ1) is 25.4. The highest BCUT2D eigenvalue weighted by atomic mass is 35.5. The van der Waals surface area contributed by atoms with Crippen LogP contribution in [-0.2, 0) is 13.6 Å². The molecule has 1 heterocycles. The Hall–Kier alpha value is -2.25. The quantitative estimate of drug-likeness (QED) is 0.615. The van der Waals surface area contributed by atoms with Crippen molar-refractivity contribution >= 4 is 23.2 Å². The summed E-state index contributed by atoms with van der Waals surface area (Å²) in [5.41, 5.74) is 4.34. The molecule has 0 spiro atoms. The molecule has 1 saturated carbocycles. The Kier molecular flexibility index (Phi) is 8.29. The Labute approximate surface area is 203 Å². The Balaban J connectivity index is 1.81. The average Bonchev–Trinajstić information content (AvgIpc) is 3.06. The maximum Gasteiger partial charge on any atom is 0.251 e. The number of rotatable bonds is 8. The van der Waals surface area contributed by atoms with Gasteiger partial charge in [-0.3, -0.25) is 4.79 Å². The highest BCUT2D eigenvalue weighted by molar-refractivity contribution is 6.31. The summed E-state index contributed by atoms with van der Waals surface area (Å²) in [6.07, 6.45) is 4.66. The maximum atomic E-state index is 13.2. The summed E-state index contributed by atoms with van der Waals surface area (Å²) in [7, 11) is 7.77. The van der Waals surface area contributed by atoms with E-state index in [9.17, 15) is 4.79 Å². The third kappa shape index (κ3) is 5.46. The molecule has 0 atom stereocenters. The molecule has 8 heteroatoms. The number of aromatic nitrogens is 2. The van der Waals surface area contributed by atoms with Crippen molar-refractivity contribution in [3.05, 3.63) is 39.5 Å². The maximum absolute atomic E-state index is 13.2. The third-order valence-corrected chi connectivity index (χ3v) is 7.20. The number of nitrogens with zero attached hydrogens (tertiary/aromatic N) is 4. The van der Waals surface area contributed by atoms with Crippen LogP contribution in [0.2, 0.25) is 5.02 Å². The van der Waals surface area contributed by atoms with E-state index in [1.807, 2.05) is 27.0 Å². The fourth-order valence-electron chi connectivity index (χ4n) is 5.11. The van der Waals surface area contributed by atoms with Crippen LogP contribution in [0.1, 0.15) is 59.8 Å². The van der Waals surface area contributed by atoms with E-state index < -0.39 is 0 Å². The molecule has 1 amide bonds. The lowest BCUT2D eigenvalue weighted by atomic mass is 9.89. The van der Waals surface area contributed by atoms with E-state index in [4.69, 9.17) is 16.3 Å². The van der Waals surface area contributed by atoms with Gasteiger partial charge in [0, 0.05) is 41.9 Å². The van der Waals surface area contributed by atoms with Crippen molar-refractivity contribution < 1.29 is 9.53 Å². The second-order valence-electron chi connectivity index (χ2n) is 9.19. The first-order chi connectivity index (χ1) is 15.7. The zero-order valence-electron chi connectivity index (χ0n) is 21.0. The predicted molar refractivity (Wildman–Crippen MR) is 135 cm³/mol. The molecule has 1 aromatic carbocycles. The van der Waals surface area contributed by atoms with Crippen LogP contribution in [-0.4, -0.2) is 60.4 Å². The number of aryl methyl sites for hydroxylation is 2. The molecule has 33 heavy (non-hydrogen) atoms. The molecule has 0 saturated heterocycles. The highest BCUT2D eigenvalue weighted by Gasteiger charge is 2.28. The summed E-state index contributed by atoms with van der Waals surface area (Å²) in [5.74, 6) is 0.510.